The van der Waals surface area contributed by atoms with E-state index in [2.05, 4.69) is 15.3 Å². The molecule has 0 aliphatic carbocycles. The Bertz CT molecular complexity index is 589. The SMILES string of the molecule is CCOc1ccc(NCc2ccncn2)c([N+](=O)[O-])c1. The van der Waals surface area contributed by atoms with Gasteiger partial charge in [-0.3, -0.25) is 10.1 Å². The fourth-order valence-electron chi connectivity index (χ4n) is 1.68. The fourth-order valence-corrected chi connectivity index (χ4v) is 1.68. The third kappa shape index (κ3) is 3.41. The second kappa shape index (κ2) is 6.46. The van der Waals surface area contributed by atoms with Crippen LogP contribution in [0.4, 0.5) is 11.4 Å². The lowest BCUT2D eigenvalue weighted by Crippen LogP contribution is -2.04. The van der Waals surface area contributed by atoms with Crippen LogP contribution < -0.4 is 10.1 Å². The molecule has 0 amide bonds. The van der Waals surface area contributed by atoms with Gasteiger partial charge in [-0.15, -0.1) is 0 Å². The van der Waals surface area contributed by atoms with Gasteiger partial charge in [0.15, 0.2) is 0 Å². The zero-order chi connectivity index (χ0) is 14.4. The Labute approximate surface area is 115 Å². The van der Waals surface area contributed by atoms with Crippen molar-refractivity contribution >= 4 is 11.4 Å². The van der Waals surface area contributed by atoms with Crippen molar-refractivity contribution in [1.82, 2.24) is 9.97 Å². The van der Waals surface area contributed by atoms with Crippen molar-refractivity contribution in [3.05, 3.63) is 52.6 Å². The van der Waals surface area contributed by atoms with Crippen molar-refractivity contribution in [2.24, 2.45) is 0 Å². The normalized spacial score (nSPS) is 10.1. The largest absolute Gasteiger partial charge is 0.494 e. The number of hydrogen-bond acceptors (Lipinski definition) is 6. The van der Waals surface area contributed by atoms with Gasteiger partial charge >= 0.3 is 0 Å². The molecule has 0 unspecified atom stereocenters. The third-order valence-electron chi connectivity index (χ3n) is 2.58. The Kier molecular flexibility index (Phi) is 4.43. The van der Waals surface area contributed by atoms with Crippen LogP contribution >= 0.6 is 0 Å². The number of benzene rings is 1. The van der Waals surface area contributed by atoms with Gasteiger partial charge in [0.05, 0.1) is 29.8 Å². The third-order valence-corrected chi connectivity index (χ3v) is 2.58. The van der Waals surface area contributed by atoms with Crippen LogP contribution in [-0.4, -0.2) is 21.5 Å². The molecule has 0 saturated carbocycles. The number of anilines is 1. The maximum Gasteiger partial charge on any atom is 0.296 e. The number of nitro groups is 1. The van der Waals surface area contributed by atoms with E-state index in [0.717, 1.165) is 5.69 Å². The molecule has 0 aliphatic rings. The molecule has 0 aliphatic heterocycles. The highest BCUT2D eigenvalue weighted by Gasteiger charge is 2.15. The Morgan fingerprint density at radius 1 is 1.40 bits per heavy atom. The summed E-state index contributed by atoms with van der Waals surface area (Å²) in [6, 6.07) is 6.47. The first-order chi connectivity index (χ1) is 9.70. The van der Waals surface area contributed by atoms with Crippen molar-refractivity contribution < 1.29 is 9.66 Å². The van der Waals surface area contributed by atoms with Crippen LogP contribution in [0.5, 0.6) is 5.75 Å². The molecule has 0 atom stereocenters. The second-order valence-electron chi connectivity index (χ2n) is 3.92. The molecule has 2 aromatic rings. The van der Waals surface area contributed by atoms with Gasteiger partial charge in [-0.25, -0.2) is 9.97 Å². The molecule has 2 rings (SSSR count). The molecule has 104 valence electrons. The van der Waals surface area contributed by atoms with E-state index in [1.165, 1.54) is 12.4 Å². The van der Waals surface area contributed by atoms with Gasteiger partial charge in [-0.1, -0.05) is 0 Å². The lowest BCUT2D eigenvalue weighted by atomic mass is 10.2. The topological polar surface area (TPSA) is 90.2 Å². The lowest BCUT2D eigenvalue weighted by Gasteiger charge is -2.08. The molecule has 0 saturated heterocycles. The van der Waals surface area contributed by atoms with Gasteiger partial charge in [0.1, 0.15) is 17.8 Å². The second-order valence-corrected chi connectivity index (χ2v) is 3.92. The standard InChI is InChI=1S/C13H14N4O3/c1-2-20-11-3-4-12(13(7-11)17(18)19)15-8-10-5-6-14-9-16-10/h3-7,9,15H,2,8H2,1H3. The molecule has 1 N–H and O–H groups in total. The minimum absolute atomic E-state index is 0.0231. The number of nitro benzene ring substituents is 1. The summed E-state index contributed by atoms with van der Waals surface area (Å²) in [7, 11) is 0. The molecule has 1 heterocycles. The van der Waals surface area contributed by atoms with Gasteiger partial charge in [0.25, 0.3) is 5.69 Å². The first-order valence-electron chi connectivity index (χ1n) is 6.10. The molecule has 20 heavy (non-hydrogen) atoms. The zero-order valence-corrected chi connectivity index (χ0v) is 10.9. The number of rotatable bonds is 6. The van der Waals surface area contributed by atoms with Crippen molar-refractivity contribution in [2.45, 2.75) is 13.5 Å². The molecule has 1 aromatic carbocycles. The maximum absolute atomic E-state index is 11.1. The number of hydrogen-bond donors (Lipinski definition) is 1. The van der Waals surface area contributed by atoms with Crippen LogP contribution in [0, 0.1) is 10.1 Å². The summed E-state index contributed by atoms with van der Waals surface area (Å²) in [5.41, 5.74) is 1.16. The van der Waals surface area contributed by atoms with E-state index in [4.69, 9.17) is 4.74 Å². The smallest absolute Gasteiger partial charge is 0.296 e. The summed E-state index contributed by atoms with van der Waals surface area (Å²) in [6.07, 6.45) is 3.06. The van der Waals surface area contributed by atoms with Gasteiger partial charge in [0.2, 0.25) is 0 Å². The predicted octanol–water partition coefficient (Wildman–Crippen LogP) is 2.40. The van der Waals surface area contributed by atoms with E-state index in [1.54, 1.807) is 24.4 Å². The summed E-state index contributed by atoms with van der Waals surface area (Å²) in [5.74, 6) is 0.479. The van der Waals surface area contributed by atoms with Crippen LogP contribution in [-0.2, 0) is 6.54 Å². The van der Waals surface area contributed by atoms with Gasteiger partial charge < -0.3 is 10.1 Å². The Morgan fingerprint density at radius 2 is 2.25 bits per heavy atom. The molecule has 0 spiro atoms. The Morgan fingerprint density at radius 3 is 2.90 bits per heavy atom. The lowest BCUT2D eigenvalue weighted by molar-refractivity contribution is -0.384. The van der Waals surface area contributed by atoms with Crippen molar-refractivity contribution in [2.75, 3.05) is 11.9 Å². The van der Waals surface area contributed by atoms with E-state index >= 15 is 0 Å². The van der Waals surface area contributed by atoms with E-state index in [9.17, 15) is 10.1 Å². The average Bonchev–Trinajstić information content (AvgIpc) is 2.47. The highest BCUT2D eigenvalue weighted by atomic mass is 16.6. The molecule has 0 bridgehead atoms. The monoisotopic (exact) mass is 274 g/mol. The van der Waals surface area contributed by atoms with Crippen LogP contribution in [0.1, 0.15) is 12.6 Å². The minimum Gasteiger partial charge on any atom is -0.494 e. The molecular formula is C13H14N4O3. The highest BCUT2D eigenvalue weighted by molar-refractivity contribution is 5.63. The molecule has 0 fully saturated rings. The van der Waals surface area contributed by atoms with Crippen molar-refractivity contribution in [3.63, 3.8) is 0 Å². The molecular weight excluding hydrogens is 260 g/mol. The zero-order valence-electron chi connectivity index (χ0n) is 10.9. The summed E-state index contributed by atoms with van der Waals surface area (Å²) in [6.45, 7) is 2.68. The van der Waals surface area contributed by atoms with E-state index in [1.807, 2.05) is 6.92 Å². The van der Waals surface area contributed by atoms with Crippen molar-refractivity contribution in [1.29, 1.82) is 0 Å². The number of nitrogens with zero attached hydrogens (tertiary/aromatic N) is 3. The summed E-state index contributed by atoms with van der Waals surface area (Å²) >= 11 is 0. The van der Waals surface area contributed by atoms with Gasteiger partial charge in [0, 0.05) is 6.20 Å². The van der Waals surface area contributed by atoms with E-state index in [-0.39, 0.29) is 5.69 Å². The van der Waals surface area contributed by atoms with E-state index < -0.39 is 4.92 Å². The molecule has 7 heteroatoms. The number of aromatic nitrogens is 2. The Balaban J connectivity index is 2.16. The van der Waals surface area contributed by atoms with Crippen LogP contribution in [0.2, 0.25) is 0 Å². The predicted molar refractivity (Wildman–Crippen MR) is 73.6 cm³/mol. The van der Waals surface area contributed by atoms with Crippen LogP contribution in [0.25, 0.3) is 0 Å². The molecule has 0 radical (unpaired) electrons. The molecule has 7 nitrogen and oxygen atoms in total. The number of nitrogens with one attached hydrogen (secondary N) is 1. The molecule has 1 aromatic heterocycles. The van der Waals surface area contributed by atoms with Crippen LogP contribution in [0.3, 0.4) is 0 Å². The summed E-state index contributed by atoms with van der Waals surface area (Å²) < 4.78 is 5.26. The highest BCUT2D eigenvalue weighted by Crippen LogP contribution is 2.29. The van der Waals surface area contributed by atoms with E-state index in [0.29, 0.717) is 24.6 Å². The van der Waals surface area contributed by atoms with Crippen LogP contribution in [0.15, 0.2) is 36.8 Å². The average molecular weight is 274 g/mol. The summed E-state index contributed by atoms with van der Waals surface area (Å²) in [5, 5.41) is 14.1. The number of ether oxygens (including phenoxy) is 1. The van der Waals surface area contributed by atoms with Gasteiger partial charge in [-0.2, -0.15) is 0 Å². The maximum atomic E-state index is 11.1. The fraction of sp³-hybridized carbons (Fsp3) is 0.231. The minimum atomic E-state index is -0.440. The Hall–Kier alpha value is -2.70. The van der Waals surface area contributed by atoms with Crippen molar-refractivity contribution in [3.8, 4) is 5.75 Å². The first-order valence-corrected chi connectivity index (χ1v) is 6.10. The summed E-state index contributed by atoms with van der Waals surface area (Å²) in [4.78, 5) is 18.5. The first kappa shape index (κ1) is 13.7. The quantitative estimate of drug-likeness (QED) is 0.642. The van der Waals surface area contributed by atoms with Gasteiger partial charge in [-0.05, 0) is 25.1 Å².